The molecule has 0 amide bonds. The van der Waals surface area contributed by atoms with Crippen molar-refractivity contribution >= 4 is 51.1 Å². The first-order chi connectivity index (χ1) is 18.5. The van der Waals surface area contributed by atoms with Gasteiger partial charge >= 0.3 is 0 Å². The highest BCUT2D eigenvalue weighted by atomic mass is 35.5. The zero-order chi connectivity index (χ0) is 25.8. The third-order valence-corrected chi connectivity index (χ3v) is 9.18. The fourth-order valence-electron chi connectivity index (χ4n) is 6.29. The number of imidazole rings is 1. The molecule has 3 fully saturated rings. The van der Waals surface area contributed by atoms with E-state index < -0.39 is 0 Å². The second kappa shape index (κ2) is 9.97. The number of fused-ring (bicyclic) bond motifs is 3. The number of unbranched alkanes of at least 4 members (excludes halogenated alkanes) is 1. The predicted molar refractivity (Wildman–Crippen MR) is 151 cm³/mol. The Kier molecular flexibility index (Phi) is 6.47. The van der Waals surface area contributed by atoms with E-state index in [4.69, 9.17) is 27.9 Å². The van der Waals surface area contributed by atoms with Crippen molar-refractivity contribution in [1.82, 2.24) is 29.4 Å². The summed E-state index contributed by atoms with van der Waals surface area (Å²) in [5.74, 6) is 2.50. The van der Waals surface area contributed by atoms with Gasteiger partial charge in [0.15, 0.2) is 0 Å². The van der Waals surface area contributed by atoms with Crippen molar-refractivity contribution in [3.05, 3.63) is 46.6 Å². The maximum Gasteiger partial charge on any atom is 0.145 e. The lowest BCUT2D eigenvalue weighted by Gasteiger charge is -2.40. The van der Waals surface area contributed by atoms with Gasteiger partial charge in [-0.1, -0.05) is 23.2 Å². The lowest BCUT2D eigenvalue weighted by atomic mass is 10.0. The van der Waals surface area contributed by atoms with Crippen molar-refractivity contribution < 1.29 is 4.74 Å². The minimum Gasteiger partial charge on any atom is -0.367 e. The summed E-state index contributed by atoms with van der Waals surface area (Å²) < 4.78 is 8.91. The van der Waals surface area contributed by atoms with Crippen LogP contribution in [0.5, 0.6) is 0 Å². The van der Waals surface area contributed by atoms with E-state index in [-0.39, 0.29) is 6.23 Å². The molecule has 4 unspecified atom stereocenters. The molecule has 0 bridgehead atoms. The monoisotopic (exact) mass is 553 g/mol. The molecule has 38 heavy (non-hydrogen) atoms. The van der Waals surface area contributed by atoms with Crippen LogP contribution in [0.3, 0.4) is 0 Å². The molecule has 1 saturated heterocycles. The number of nitrogens with one attached hydrogen (secondary N) is 2. The highest BCUT2D eigenvalue weighted by Crippen LogP contribution is 2.42. The number of anilines is 1. The smallest absolute Gasteiger partial charge is 0.145 e. The molecule has 10 heteroatoms. The third-order valence-electron chi connectivity index (χ3n) is 8.46. The van der Waals surface area contributed by atoms with E-state index in [1.54, 1.807) is 6.33 Å². The number of benzene rings is 1. The Morgan fingerprint density at radius 3 is 2.87 bits per heavy atom. The number of halogens is 2. The van der Waals surface area contributed by atoms with Crippen LogP contribution >= 0.6 is 23.2 Å². The van der Waals surface area contributed by atoms with E-state index in [1.807, 2.05) is 12.1 Å². The summed E-state index contributed by atoms with van der Waals surface area (Å²) in [7, 11) is 0. The van der Waals surface area contributed by atoms with Crippen LogP contribution in [-0.4, -0.2) is 60.9 Å². The maximum absolute atomic E-state index is 6.55. The summed E-state index contributed by atoms with van der Waals surface area (Å²) in [4.78, 5) is 19.7. The normalized spacial score (nSPS) is 25.9. The molecule has 3 aliphatic rings. The van der Waals surface area contributed by atoms with E-state index in [2.05, 4.69) is 53.9 Å². The molecule has 2 aliphatic carbocycles. The first-order valence-electron chi connectivity index (χ1n) is 13.8. The van der Waals surface area contributed by atoms with Gasteiger partial charge in [0.1, 0.15) is 29.8 Å². The Morgan fingerprint density at radius 2 is 2.00 bits per heavy atom. The predicted octanol–water partition coefficient (Wildman–Crippen LogP) is 6.21. The zero-order valence-electron chi connectivity index (χ0n) is 21.5. The second-order valence-corrected chi connectivity index (χ2v) is 12.0. The summed E-state index contributed by atoms with van der Waals surface area (Å²) in [6.45, 7) is 4.32. The van der Waals surface area contributed by atoms with E-state index >= 15 is 0 Å². The number of H-pyrrole nitrogens is 1. The van der Waals surface area contributed by atoms with E-state index in [1.165, 1.54) is 12.8 Å². The van der Waals surface area contributed by atoms with Gasteiger partial charge in [0.25, 0.3) is 0 Å². The first-order valence-corrected chi connectivity index (χ1v) is 14.6. The molecular formula is C28H33Cl2N7O. The largest absolute Gasteiger partial charge is 0.367 e. The van der Waals surface area contributed by atoms with Crippen molar-refractivity contribution in [2.45, 2.75) is 76.3 Å². The van der Waals surface area contributed by atoms with Crippen LogP contribution in [0.4, 0.5) is 5.82 Å². The van der Waals surface area contributed by atoms with Crippen molar-refractivity contribution in [2.24, 2.45) is 5.92 Å². The average Bonchev–Trinajstić information content (AvgIpc) is 3.28. The van der Waals surface area contributed by atoms with Crippen LogP contribution in [0.1, 0.15) is 57.3 Å². The maximum atomic E-state index is 6.55. The minimum absolute atomic E-state index is 0.142. The quantitative estimate of drug-likeness (QED) is 0.252. The van der Waals surface area contributed by atoms with Gasteiger partial charge in [-0.25, -0.2) is 15.0 Å². The topological polar surface area (TPSA) is 83.9 Å². The van der Waals surface area contributed by atoms with E-state index in [0.29, 0.717) is 34.2 Å². The zero-order valence-corrected chi connectivity index (χ0v) is 23.0. The standard InChI is InChI=1S/C28H33Cl2N7O/c1-16-36(8-3-2-4-26-34-23-12-21(29)22(30)13-24(23)35-26)14-17-10-19(11-25(17)38-16)37-9-7-20-27(33-18-5-6-18)31-15-32-28(20)37/h7,9,12-13,15-19,25H,2-6,8,10-11,14H2,1H3,(H,34,35)(H,31,32,33). The number of aromatic amines is 1. The summed E-state index contributed by atoms with van der Waals surface area (Å²) in [5, 5.41) is 5.77. The number of ether oxygens (including phenoxy) is 1. The van der Waals surface area contributed by atoms with Crippen molar-refractivity contribution in [3.63, 3.8) is 0 Å². The summed E-state index contributed by atoms with van der Waals surface area (Å²) in [6, 6.07) is 6.83. The lowest BCUT2D eigenvalue weighted by molar-refractivity contribution is -0.148. The van der Waals surface area contributed by atoms with Crippen LogP contribution in [-0.2, 0) is 11.2 Å². The number of hydrogen-bond donors (Lipinski definition) is 2. The Labute approximate surface area is 232 Å². The molecule has 3 aromatic heterocycles. The van der Waals surface area contributed by atoms with Crippen LogP contribution in [0.25, 0.3) is 22.1 Å². The molecule has 4 heterocycles. The van der Waals surface area contributed by atoms with Gasteiger partial charge in [0, 0.05) is 43.7 Å². The Morgan fingerprint density at radius 1 is 1.13 bits per heavy atom. The van der Waals surface area contributed by atoms with Gasteiger partial charge < -0.3 is 19.6 Å². The van der Waals surface area contributed by atoms with Crippen molar-refractivity contribution in [3.8, 4) is 0 Å². The molecule has 2 N–H and O–H groups in total. The highest BCUT2D eigenvalue weighted by Gasteiger charge is 2.42. The fraction of sp³-hybridized carbons (Fsp3) is 0.536. The highest BCUT2D eigenvalue weighted by molar-refractivity contribution is 6.42. The minimum atomic E-state index is 0.142. The number of nitrogens with zero attached hydrogens (tertiary/aromatic N) is 5. The van der Waals surface area contributed by atoms with Gasteiger partial charge in [-0.05, 0) is 63.6 Å². The molecule has 4 atom stereocenters. The molecule has 1 aromatic carbocycles. The lowest BCUT2D eigenvalue weighted by Crippen LogP contribution is -2.48. The van der Waals surface area contributed by atoms with E-state index in [0.717, 1.165) is 78.9 Å². The molecule has 7 rings (SSSR count). The third kappa shape index (κ3) is 4.76. The van der Waals surface area contributed by atoms with Crippen LogP contribution in [0.15, 0.2) is 30.7 Å². The van der Waals surface area contributed by atoms with Crippen LogP contribution < -0.4 is 5.32 Å². The Hall–Kier alpha value is -2.39. The molecule has 1 aliphatic heterocycles. The number of hydrogen-bond acceptors (Lipinski definition) is 6. The average molecular weight is 555 g/mol. The SMILES string of the molecule is CC1OC2CC(n3ccc4c(NC5CC5)ncnc43)CC2CN1CCCCc1nc2cc(Cl)c(Cl)cc2[nH]1. The van der Waals surface area contributed by atoms with Crippen molar-refractivity contribution in [2.75, 3.05) is 18.4 Å². The Balaban J connectivity index is 0.952. The second-order valence-electron chi connectivity index (χ2n) is 11.2. The number of rotatable bonds is 8. The molecule has 0 spiro atoms. The molecule has 200 valence electrons. The van der Waals surface area contributed by atoms with Gasteiger partial charge in [-0.2, -0.15) is 0 Å². The number of aryl methyl sites for hydroxylation is 1. The van der Waals surface area contributed by atoms with Gasteiger partial charge in [0.05, 0.1) is 32.6 Å². The van der Waals surface area contributed by atoms with E-state index in [9.17, 15) is 0 Å². The molecule has 2 saturated carbocycles. The molecular weight excluding hydrogens is 521 g/mol. The van der Waals surface area contributed by atoms with Gasteiger partial charge in [0.2, 0.25) is 0 Å². The molecule has 8 nitrogen and oxygen atoms in total. The first kappa shape index (κ1) is 24.6. The Bertz CT molecular complexity index is 1430. The van der Waals surface area contributed by atoms with Crippen LogP contribution in [0, 0.1) is 5.92 Å². The summed E-state index contributed by atoms with van der Waals surface area (Å²) in [5.41, 5.74) is 2.84. The summed E-state index contributed by atoms with van der Waals surface area (Å²) >= 11 is 12.3. The molecule has 0 radical (unpaired) electrons. The van der Waals surface area contributed by atoms with Gasteiger partial charge in [-0.3, -0.25) is 4.90 Å². The van der Waals surface area contributed by atoms with Gasteiger partial charge in [-0.15, -0.1) is 0 Å². The van der Waals surface area contributed by atoms with Crippen LogP contribution in [0.2, 0.25) is 10.0 Å². The number of aromatic nitrogens is 5. The van der Waals surface area contributed by atoms with Crippen molar-refractivity contribution in [1.29, 1.82) is 0 Å². The summed E-state index contributed by atoms with van der Waals surface area (Å²) in [6.07, 6.45) is 12.0. The molecule has 4 aromatic rings. The fourth-order valence-corrected chi connectivity index (χ4v) is 6.61.